The number of thioether (sulfide) groups is 1. The first kappa shape index (κ1) is 14.5. The van der Waals surface area contributed by atoms with Crippen LogP contribution in [0.1, 0.15) is 5.56 Å². The highest BCUT2D eigenvalue weighted by atomic mass is 32.2. The molecule has 2 atom stereocenters. The number of para-hydroxylation sites is 2. The monoisotopic (exact) mass is 327 g/mol. The molecule has 2 aliphatic heterocycles. The molecule has 0 aliphatic carbocycles. The fourth-order valence-corrected chi connectivity index (χ4v) is 4.04. The van der Waals surface area contributed by atoms with Gasteiger partial charge in [-0.15, -0.1) is 11.8 Å². The molecule has 0 spiro atoms. The molecule has 1 N–H and O–H groups in total. The lowest BCUT2D eigenvalue weighted by Gasteiger charge is -2.26. The standard InChI is InChI=1S/C18H17NO3S/c20-18(17-9-12-5-1-4-8-16(12)23-17)19-10-13-11-21-14-6-2-3-7-15(14)22-13/h1-8,13,17H,9-11H2,(H,19,20). The molecule has 2 heterocycles. The van der Waals surface area contributed by atoms with Gasteiger partial charge in [-0.25, -0.2) is 0 Å². The van der Waals surface area contributed by atoms with Crippen LogP contribution in [0.25, 0.3) is 0 Å². The number of rotatable bonds is 3. The Hall–Kier alpha value is -2.14. The Balaban J connectivity index is 1.32. The quantitative estimate of drug-likeness (QED) is 0.941. The highest BCUT2D eigenvalue weighted by Gasteiger charge is 2.29. The van der Waals surface area contributed by atoms with Crippen molar-refractivity contribution in [3.05, 3.63) is 54.1 Å². The van der Waals surface area contributed by atoms with E-state index in [1.807, 2.05) is 36.4 Å². The second-order valence-electron chi connectivity index (χ2n) is 5.66. The largest absolute Gasteiger partial charge is 0.486 e. The molecular formula is C18H17NO3S. The summed E-state index contributed by atoms with van der Waals surface area (Å²) < 4.78 is 11.5. The molecular weight excluding hydrogens is 310 g/mol. The number of carbonyl (C=O) groups is 1. The molecule has 2 aromatic rings. The van der Waals surface area contributed by atoms with Crippen molar-refractivity contribution in [3.63, 3.8) is 0 Å². The van der Waals surface area contributed by atoms with Gasteiger partial charge in [0, 0.05) is 4.90 Å². The SMILES string of the molecule is O=C(NCC1COc2ccccc2O1)C1Cc2ccccc2S1. The van der Waals surface area contributed by atoms with Gasteiger partial charge in [0.05, 0.1) is 11.8 Å². The van der Waals surface area contributed by atoms with Gasteiger partial charge < -0.3 is 14.8 Å². The molecule has 0 saturated heterocycles. The topological polar surface area (TPSA) is 47.6 Å². The van der Waals surface area contributed by atoms with E-state index in [0.717, 1.165) is 17.9 Å². The molecule has 4 rings (SSSR count). The molecule has 4 nitrogen and oxygen atoms in total. The number of nitrogens with one attached hydrogen (secondary N) is 1. The van der Waals surface area contributed by atoms with Crippen molar-refractivity contribution in [2.24, 2.45) is 0 Å². The first-order chi connectivity index (χ1) is 11.3. The molecule has 0 radical (unpaired) electrons. The Morgan fingerprint density at radius 1 is 1.13 bits per heavy atom. The lowest BCUT2D eigenvalue weighted by molar-refractivity contribution is -0.121. The Bertz CT molecular complexity index is 709. The van der Waals surface area contributed by atoms with E-state index < -0.39 is 0 Å². The molecule has 2 aromatic carbocycles. The Morgan fingerprint density at radius 3 is 2.78 bits per heavy atom. The molecule has 2 unspecified atom stereocenters. The van der Waals surface area contributed by atoms with Gasteiger partial charge in [-0.1, -0.05) is 30.3 Å². The summed E-state index contributed by atoms with van der Waals surface area (Å²) in [7, 11) is 0. The van der Waals surface area contributed by atoms with Gasteiger partial charge in [0.1, 0.15) is 12.7 Å². The van der Waals surface area contributed by atoms with Crippen LogP contribution in [-0.4, -0.2) is 30.4 Å². The summed E-state index contributed by atoms with van der Waals surface area (Å²) in [4.78, 5) is 13.6. The summed E-state index contributed by atoms with van der Waals surface area (Å²) in [5.74, 6) is 1.56. The van der Waals surface area contributed by atoms with Crippen molar-refractivity contribution in [2.45, 2.75) is 22.7 Å². The number of fused-ring (bicyclic) bond motifs is 2. The van der Waals surface area contributed by atoms with E-state index >= 15 is 0 Å². The number of ether oxygens (including phenoxy) is 2. The lowest BCUT2D eigenvalue weighted by Crippen LogP contribution is -2.43. The minimum absolute atomic E-state index is 0.0517. The molecule has 23 heavy (non-hydrogen) atoms. The highest BCUT2D eigenvalue weighted by Crippen LogP contribution is 2.36. The number of benzene rings is 2. The number of hydrogen-bond donors (Lipinski definition) is 1. The fraction of sp³-hybridized carbons (Fsp3) is 0.278. The van der Waals surface area contributed by atoms with Gasteiger partial charge >= 0.3 is 0 Å². The first-order valence-corrected chi connectivity index (χ1v) is 8.58. The zero-order valence-electron chi connectivity index (χ0n) is 12.5. The van der Waals surface area contributed by atoms with Crippen molar-refractivity contribution in [1.29, 1.82) is 0 Å². The average molecular weight is 327 g/mol. The minimum atomic E-state index is -0.150. The van der Waals surface area contributed by atoms with Crippen LogP contribution in [0.5, 0.6) is 11.5 Å². The van der Waals surface area contributed by atoms with Gasteiger partial charge in [-0.2, -0.15) is 0 Å². The van der Waals surface area contributed by atoms with Crippen molar-refractivity contribution in [1.82, 2.24) is 5.32 Å². The van der Waals surface area contributed by atoms with Gasteiger partial charge in [0.2, 0.25) is 5.91 Å². The highest BCUT2D eigenvalue weighted by molar-refractivity contribution is 8.01. The van der Waals surface area contributed by atoms with Crippen LogP contribution < -0.4 is 14.8 Å². The van der Waals surface area contributed by atoms with Gasteiger partial charge in [-0.3, -0.25) is 4.79 Å². The Morgan fingerprint density at radius 2 is 1.91 bits per heavy atom. The Kier molecular flexibility index (Phi) is 3.87. The smallest absolute Gasteiger partial charge is 0.233 e. The van der Waals surface area contributed by atoms with E-state index in [1.54, 1.807) is 11.8 Å². The number of amides is 1. The van der Waals surface area contributed by atoms with E-state index in [-0.39, 0.29) is 17.3 Å². The second kappa shape index (κ2) is 6.16. The summed E-state index contributed by atoms with van der Waals surface area (Å²) in [5.41, 5.74) is 1.25. The van der Waals surface area contributed by atoms with Gasteiger partial charge in [0.15, 0.2) is 11.5 Å². The van der Waals surface area contributed by atoms with Crippen LogP contribution in [0.3, 0.4) is 0 Å². The molecule has 0 fully saturated rings. The summed E-state index contributed by atoms with van der Waals surface area (Å²) in [6, 6.07) is 15.8. The van der Waals surface area contributed by atoms with E-state index in [0.29, 0.717) is 13.2 Å². The van der Waals surface area contributed by atoms with E-state index in [9.17, 15) is 4.79 Å². The maximum Gasteiger partial charge on any atom is 0.233 e. The fourth-order valence-electron chi connectivity index (χ4n) is 2.82. The van der Waals surface area contributed by atoms with Crippen LogP contribution in [0.15, 0.2) is 53.4 Å². The molecule has 0 bridgehead atoms. The van der Waals surface area contributed by atoms with Crippen LogP contribution in [0.2, 0.25) is 0 Å². The van der Waals surface area contributed by atoms with Crippen LogP contribution >= 0.6 is 11.8 Å². The maximum absolute atomic E-state index is 12.4. The van der Waals surface area contributed by atoms with Crippen LogP contribution in [0, 0.1) is 0 Å². The van der Waals surface area contributed by atoms with Gasteiger partial charge in [0.25, 0.3) is 0 Å². The summed E-state index contributed by atoms with van der Waals surface area (Å²) in [6.07, 6.45) is 0.639. The maximum atomic E-state index is 12.4. The molecule has 2 aliphatic rings. The number of hydrogen-bond acceptors (Lipinski definition) is 4. The molecule has 0 saturated carbocycles. The predicted molar refractivity (Wildman–Crippen MR) is 89.2 cm³/mol. The van der Waals surface area contributed by atoms with Crippen LogP contribution in [-0.2, 0) is 11.2 Å². The zero-order valence-corrected chi connectivity index (χ0v) is 13.3. The molecule has 1 amide bonds. The second-order valence-corrected chi connectivity index (χ2v) is 6.91. The van der Waals surface area contributed by atoms with E-state index in [4.69, 9.17) is 9.47 Å². The lowest BCUT2D eigenvalue weighted by atomic mass is 10.1. The van der Waals surface area contributed by atoms with Crippen molar-refractivity contribution in [2.75, 3.05) is 13.2 Å². The molecule has 118 valence electrons. The third-order valence-electron chi connectivity index (χ3n) is 4.01. The summed E-state index contributed by atoms with van der Waals surface area (Å²) >= 11 is 1.64. The minimum Gasteiger partial charge on any atom is -0.486 e. The molecule has 0 aromatic heterocycles. The Labute approximate surface area is 139 Å². The van der Waals surface area contributed by atoms with E-state index in [1.165, 1.54) is 10.5 Å². The third-order valence-corrected chi connectivity index (χ3v) is 5.33. The summed E-state index contributed by atoms with van der Waals surface area (Å²) in [6.45, 7) is 0.913. The molecule has 5 heteroatoms. The van der Waals surface area contributed by atoms with Crippen molar-refractivity contribution in [3.8, 4) is 11.5 Å². The van der Waals surface area contributed by atoms with Gasteiger partial charge in [-0.05, 0) is 30.2 Å². The third kappa shape index (κ3) is 3.01. The normalized spacial score (nSPS) is 21.6. The van der Waals surface area contributed by atoms with Crippen LogP contribution in [0.4, 0.5) is 0 Å². The van der Waals surface area contributed by atoms with Crippen molar-refractivity contribution < 1.29 is 14.3 Å². The number of carbonyl (C=O) groups excluding carboxylic acids is 1. The van der Waals surface area contributed by atoms with E-state index in [2.05, 4.69) is 17.4 Å². The first-order valence-electron chi connectivity index (χ1n) is 7.70. The summed E-state index contributed by atoms with van der Waals surface area (Å²) in [5, 5.41) is 2.94. The zero-order chi connectivity index (χ0) is 15.6. The average Bonchev–Trinajstić information content (AvgIpc) is 3.04. The van der Waals surface area contributed by atoms with Crippen molar-refractivity contribution >= 4 is 17.7 Å². The predicted octanol–water partition coefficient (Wildman–Crippen LogP) is 2.66.